The number of hydrogen-bond acceptors (Lipinski definition) is 2. The van der Waals surface area contributed by atoms with E-state index in [0.29, 0.717) is 5.92 Å². The van der Waals surface area contributed by atoms with Crippen LogP contribution in [0.2, 0.25) is 0 Å². The average Bonchev–Trinajstić information content (AvgIpc) is 2.70. The quantitative estimate of drug-likeness (QED) is 0.691. The topological polar surface area (TPSA) is 15.6 Å². The van der Waals surface area contributed by atoms with E-state index in [9.17, 15) is 4.39 Å². The molecule has 2 aliphatic heterocycles. The van der Waals surface area contributed by atoms with Gasteiger partial charge in [-0.3, -0.25) is 4.99 Å². The minimum absolute atomic E-state index is 0.227. The second-order valence-corrected chi connectivity index (χ2v) is 5.20. The van der Waals surface area contributed by atoms with Crippen LogP contribution in [0.5, 0.6) is 0 Å². The maximum Gasteiger partial charge on any atom is 0.124 e. The lowest BCUT2D eigenvalue weighted by atomic mass is 9.85. The first kappa shape index (κ1) is 11.6. The van der Waals surface area contributed by atoms with Crippen LogP contribution in [0.25, 0.3) is 0 Å². The Morgan fingerprint density at radius 2 is 2.22 bits per heavy atom. The zero-order chi connectivity index (χ0) is 12.7. The lowest BCUT2D eigenvalue weighted by Crippen LogP contribution is -2.31. The first-order chi connectivity index (χ1) is 8.63. The average molecular weight is 243 g/mol. The Hall–Kier alpha value is -1.48. The van der Waals surface area contributed by atoms with Crippen molar-refractivity contribution in [3.05, 3.63) is 53.4 Å². The van der Waals surface area contributed by atoms with Crippen LogP contribution in [-0.2, 0) is 0 Å². The zero-order valence-corrected chi connectivity index (χ0v) is 10.7. The third kappa shape index (κ3) is 1.99. The van der Waals surface area contributed by atoms with Gasteiger partial charge in [0.15, 0.2) is 0 Å². The van der Waals surface area contributed by atoms with E-state index in [-0.39, 0.29) is 5.83 Å². The third-order valence-electron chi connectivity index (χ3n) is 3.45. The molecular weight excluding hydrogens is 227 g/mol. The number of allylic oxidation sites excluding steroid dienone is 4. The first-order valence-electron chi connectivity index (χ1n) is 6.24. The molecule has 0 spiro atoms. The molecule has 3 rings (SSSR count). The van der Waals surface area contributed by atoms with Gasteiger partial charge in [-0.1, -0.05) is 19.1 Å². The van der Waals surface area contributed by atoms with E-state index < -0.39 is 0 Å². The van der Waals surface area contributed by atoms with Crippen molar-refractivity contribution in [2.24, 2.45) is 10.9 Å². The normalized spacial score (nSPS) is 28.5. The molecule has 93 valence electrons. The molecule has 1 aliphatic carbocycles. The van der Waals surface area contributed by atoms with Gasteiger partial charge in [0.1, 0.15) is 5.83 Å². The van der Waals surface area contributed by atoms with E-state index in [1.54, 1.807) is 0 Å². The molecular formula is C15H16FN2. The number of fused-ring (bicyclic) bond motifs is 1. The van der Waals surface area contributed by atoms with Gasteiger partial charge in [0.2, 0.25) is 0 Å². The van der Waals surface area contributed by atoms with Crippen molar-refractivity contribution in [2.45, 2.75) is 6.92 Å². The van der Waals surface area contributed by atoms with Crippen LogP contribution < -0.4 is 0 Å². The van der Waals surface area contributed by atoms with Crippen molar-refractivity contribution in [1.29, 1.82) is 0 Å². The molecule has 3 heteroatoms. The molecule has 0 fully saturated rings. The van der Waals surface area contributed by atoms with E-state index in [1.807, 2.05) is 12.3 Å². The fourth-order valence-electron chi connectivity index (χ4n) is 2.77. The summed E-state index contributed by atoms with van der Waals surface area (Å²) in [6.45, 7) is 4.24. The zero-order valence-electron chi connectivity index (χ0n) is 10.7. The maximum absolute atomic E-state index is 13.1. The van der Waals surface area contributed by atoms with Gasteiger partial charge in [-0.15, -0.1) is 0 Å². The second-order valence-electron chi connectivity index (χ2n) is 5.20. The predicted molar refractivity (Wildman–Crippen MR) is 71.8 cm³/mol. The van der Waals surface area contributed by atoms with E-state index in [4.69, 9.17) is 0 Å². The monoisotopic (exact) mass is 243 g/mol. The van der Waals surface area contributed by atoms with Crippen molar-refractivity contribution in [2.75, 3.05) is 20.1 Å². The number of halogens is 1. The largest absolute Gasteiger partial charge is 0.302 e. The third-order valence-corrected chi connectivity index (χ3v) is 3.45. The number of nitrogens with zero attached hydrogens (tertiary/aromatic N) is 2. The first-order valence-corrected chi connectivity index (χ1v) is 6.24. The Morgan fingerprint density at radius 1 is 1.39 bits per heavy atom. The fraction of sp³-hybridized carbons (Fsp3) is 0.333. The van der Waals surface area contributed by atoms with Gasteiger partial charge in [-0.2, -0.15) is 0 Å². The molecule has 1 radical (unpaired) electrons. The second kappa shape index (κ2) is 4.32. The molecule has 0 aromatic rings. The lowest BCUT2D eigenvalue weighted by molar-refractivity contribution is 0.315. The summed E-state index contributed by atoms with van der Waals surface area (Å²) in [7, 11) is 2.13. The summed E-state index contributed by atoms with van der Waals surface area (Å²) in [5, 5.41) is 0. The molecule has 18 heavy (non-hydrogen) atoms. The summed E-state index contributed by atoms with van der Waals surface area (Å²) in [6, 6.07) is 0. The van der Waals surface area contributed by atoms with Gasteiger partial charge in [0.05, 0.1) is 11.6 Å². The maximum atomic E-state index is 13.1. The standard InChI is InChI=1S/C15H16FN2/c1-10-5-11(9-18(2)8-10)14-7-17-15-6-12(16)3-4-13(14)15/h3-7,10H,8-9H2,1-2H3/t10-/m0/s1. The highest BCUT2D eigenvalue weighted by molar-refractivity contribution is 6.14. The molecule has 2 heterocycles. The Balaban J connectivity index is 1.87. The molecule has 0 saturated carbocycles. The van der Waals surface area contributed by atoms with Crippen molar-refractivity contribution in [1.82, 2.24) is 4.90 Å². The molecule has 0 amide bonds. The Labute approximate surface area is 107 Å². The highest BCUT2D eigenvalue weighted by Crippen LogP contribution is 2.35. The molecule has 0 saturated heterocycles. The molecule has 1 atom stereocenters. The molecule has 2 nitrogen and oxygen atoms in total. The predicted octanol–water partition coefficient (Wildman–Crippen LogP) is 2.83. The van der Waals surface area contributed by atoms with E-state index in [1.165, 1.54) is 17.7 Å². The molecule has 0 N–H and O–H groups in total. The van der Waals surface area contributed by atoms with Gasteiger partial charge < -0.3 is 4.90 Å². The van der Waals surface area contributed by atoms with Crippen LogP contribution in [0.15, 0.2) is 52.5 Å². The van der Waals surface area contributed by atoms with E-state index in [0.717, 1.165) is 30.3 Å². The van der Waals surface area contributed by atoms with E-state index >= 15 is 0 Å². The van der Waals surface area contributed by atoms with Crippen molar-refractivity contribution in [3.63, 3.8) is 0 Å². The molecule has 0 bridgehead atoms. The van der Waals surface area contributed by atoms with Crippen molar-refractivity contribution < 1.29 is 4.39 Å². The minimum atomic E-state index is -0.227. The van der Waals surface area contributed by atoms with Crippen LogP contribution in [0.1, 0.15) is 6.92 Å². The van der Waals surface area contributed by atoms with Crippen LogP contribution in [-0.4, -0.2) is 30.7 Å². The highest BCUT2D eigenvalue weighted by atomic mass is 19.1. The summed E-state index contributed by atoms with van der Waals surface area (Å²) in [4.78, 5) is 6.61. The van der Waals surface area contributed by atoms with Gasteiger partial charge in [-0.05, 0) is 36.3 Å². The fourth-order valence-corrected chi connectivity index (χ4v) is 2.77. The number of rotatable bonds is 1. The Morgan fingerprint density at radius 3 is 3.00 bits per heavy atom. The summed E-state index contributed by atoms with van der Waals surface area (Å²) in [5.41, 5.74) is 3.18. The molecule has 0 aromatic carbocycles. The van der Waals surface area contributed by atoms with Gasteiger partial charge in [-0.25, -0.2) is 4.39 Å². The number of aliphatic imine (C=N–C) groups is 1. The summed E-state index contributed by atoms with van der Waals surface area (Å²) in [6.07, 6.45) is 8.99. The van der Waals surface area contributed by atoms with Crippen LogP contribution in [0.4, 0.5) is 4.39 Å². The lowest BCUT2D eigenvalue weighted by Gasteiger charge is -2.29. The summed E-state index contributed by atoms with van der Waals surface area (Å²) < 4.78 is 13.1. The Bertz CT molecular complexity index is 523. The number of likely N-dealkylation sites (N-methyl/N-ethyl adjacent to an activating group) is 1. The highest BCUT2D eigenvalue weighted by Gasteiger charge is 2.29. The Kier molecular flexibility index (Phi) is 2.78. The van der Waals surface area contributed by atoms with Crippen LogP contribution in [0, 0.1) is 11.8 Å². The van der Waals surface area contributed by atoms with Gasteiger partial charge >= 0.3 is 0 Å². The van der Waals surface area contributed by atoms with E-state index in [2.05, 4.69) is 29.9 Å². The number of hydrogen-bond donors (Lipinski definition) is 0. The van der Waals surface area contributed by atoms with Crippen molar-refractivity contribution >= 4 is 5.71 Å². The molecule has 0 unspecified atom stereocenters. The SMILES string of the molecule is C[C@H]1C=C(C2=CN=C3C=C(F)C=C[C]23)CN(C)C1. The molecule has 0 aromatic heterocycles. The summed E-state index contributed by atoms with van der Waals surface area (Å²) >= 11 is 0. The van der Waals surface area contributed by atoms with Gasteiger partial charge in [0.25, 0.3) is 0 Å². The minimum Gasteiger partial charge on any atom is -0.302 e. The molecule has 3 aliphatic rings. The smallest absolute Gasteiger partial charge is 0.124 e. The van der Waals surface area contributed by atoms with Gasteiger partial charge in [0, 0.05) is 19.3 Å². The van der Waals surface area contributed by atoms with Crippen LogP contribution >= 0.6 is 0 Å². The van der Waals surface area contributed by atoms with Crippen molar-refractivity contribution in [3.8, 4) is 0 Å². The van der Waals surface area contributed by atoms with Crippen LogP contribution in [0.3, 0.4) is 0 Å². The summed E-state index contributed by atoms with van der Waals surface area (Å²) in [5.74, 6) is 1.37.